The maximum absolute atomic E-state index is 12.1. The third-order valence-electron chi connectivity index (χ3n) is 3.97. The molecule has 1 heterocycles. The summed E-state index contributed by atoms with van der Waals surface area (Å²) in [6, 6.07) is 7.99. The zero-order valence-corrected chi connectivity index (χ0v) is 11.6. The molecule has 5 nitrogen and oxygen atoms in total. The van der Waals surface area contributed by atoms with E-state index in [1.165, 1.54) is 6.07 Å². The Kier molecular flexibility index (Phi) is 3.51. The van der Waals surface area contributed by atoms with E-state index in [1.54, 1.807) is 24.3 Å². The van der Waals surface area contributed by atoms with Crippen LogP contribution < -0.4 is 10.7 Å². The summed E-state index contributed by atoms with van der Waals surface area (Å²) in [4.78, 5) is 24.0. The average Bonchev–Trinajstić information content (AvgIpc) is 2.92. The van der Waals surface area contributed by atoms with E-state index in [0.29, 0.717) is 23.8 Å². The number of aliphatic hydroxyl groups is 1. The second-order valence-corrected chi connectivity index (χ2v) is 5.59. The van der Waals surface area contributed by atoms with Crippen molar-refractivity contribution in [2.45, 2.75) is 31.3 Å². The number of carbonyl (C=O) groups is 1. The van der Waals surface area contributed by atoms with Crippen LogP contribution >= 0.6 is 0 Å². The van der Waals surface area contributed by atoms with Crippen molar-refractivity contribution in [1.82, 2.24) is 5.32 Å². The van der Waals surface area contributed by atoms with Gasteiger partial charge in [-0.1, -0.05) is 25.0 Å². The molecule has 110 valence electrons. The van der Waals surface area contributed by atoms with E-state index in [0.717, 1.165) is 12.8 Å². The fourth-order valence-electron chi connectivity index (χ4n) is 2.76. The summed E-state index contributed by atoms with van der Waals surface area (Å²) in [5.41, 5.74) is -0.691. The van der Waals surface area contributed by atoms with Gasteiger partial charge in [0.1, 0.15) is 5.58 Å². The van der Waals surface area contributed by atoms with Gasteiger partial charge in [0.05, 0.1) is 11.0 Å². The second kappa shape index (κ2) is 5.33. The molecule has 1 aliphatic carbocycles. The van der Waals surface area contributed by atoms with E-state index in [1.807, 2.05) is 0 Å². The largest absolute Gasteiger partial charge is 0.451 e. The zero-order chi connectivity index (χ0) is 14.9. The minimum atomic E-state index is -0.827. The lowest BCUT2D eigenvalue weighted by atomic mass is 10.0. The van der Waals surface area contributed by atoms with Gasteiger partial charge in [0.2, 0.25) is 0 Å². The van der Waals surface area contributed by atoms with Crippen molar-refractivity contribution >= 4 is 16.9 Å². The molecule has 0 aliphatic heterocycles. The number of rotatable bonds is 3. The molecule has 21 heavy (non-hydrogen) atoms. The summed E-state index contributed by atoms with van der Waals surface area (Å²) in [5, 5.41) is 13.3. The summed E-state index contributed by atoms with van der Waals surface area (Å²) in [6.07, 6.45) is 3.32. The molecule has 1 saturated carbocycles. The lowest BCUT2D eigenvalue weighted by molar-refractivity contribution is 0.0444. The molecule has 2 aromatic rings. The molecule has 1 aromatic heterocycles. The van der Waals surface area contributed by atoms with Gasteiger partial charge < -0.3 is 14.8 Å². The van der Waals surface area contributed by atoms with Gasteiger partial charge in [0.15, 0.2) is 11.2 Å². The van der Waals surface area contributed by atoms with Crippen LogP contribution in [0, 0.1) is 0 Å². The number of nitrogens with one attached hydrogen (secondary N) is 1. The molecule has 0 radical (unpaired) electrons. The van der Waals surface area contributed by atoms with Gasteiger partial charge in [-0.2, -0.15) is 0 Å². The molecule has 1 aliphatic rings. The third-order valence-corrected chi connectivity index (χ3v) is 3.97. The van der Waals surface area contributed by atoms with Crippen molar-refractivity contribution in [3.05, 3.63) is 46.3 Å². The molecule has 0 bridgehead atoms. The average molecular weight is 287 g/mol. The van der Waals surface area contributed by atoms with Crippen LogP contribution in [0.4, 0.5) is 0 Å². The number of fused-ring (bicyclic) bond motifs is 1. The van der Waals surface area contributed by atoms with Gasteiger partial charge in [0.25, 0.3) is 5.91 Å². The smallest absolute Gasteiger partial charge is 0.287 e. The highest BCUT2D eigenvalue weighted by atomic mass is 16.3. The van der Waals surface area contributed by atoms with E-state index in [-0.39, 0.29) is 17.7 Å². The van der Waals surface area contributed by atoms with Crippen LogP contribution in [-0.4, -0.2) is 23.2 Å². The first-order chi connectivity index (χ1) is 10.1. The summed E-state index contributed by atoms with van der Waals surface area (Å²) in [6.45, 7) is 0.183. The van der Waals surface area contributed by atoms with Crippen molar-refractivity contribution < 1.29 is 14.3 Å². The molecule has 1 aromatic carbocycles. The molecule has 0 unspecified atom stereocenters. The maximum Gasteiger partial charge on any atom is 0.287 e. The Bertz CT molecular complexity index is 728. The number of benzene rings is 1. The fourth-order valence-corrected chi connectivity index (χ4v) is 2.76. The van der Waals surface area contributed by atoms with Gasteiger partial charge in [-0.25, -0.2) is 0 Å². The Morgan fingerprint density at radius 2 is 2.00 bits per heavy atom. The topological polar surface area (TPSA) is 79.5 Å². The van der Waals surface area contributed by atoms with Crippen LogP contribution in [0.3, 0.4) is 0 Å². The zero-order valence-electron chi connectivity index (χ0n) is 11.6. The predicted octanol–water partition coefficient (Wildman–Crippen LogP) is 1.83. The van der Waals surface area contributed by atoms with Crippen LogP contribution in [0.5, 0.6) is 0 Å². The lowest BCUT2D eigenvalue weighted by Gasteiger charge is -2.22. The highest BCUT2D eigenvalue weighted by Gasteiger charge is 2.31. The molecular weight excluding hydrogens is 270 g/mol. The van der Waals surface area contributed by atoms with Crippen molar-refractivity contribution in [1.29, 1.82) is 0 Å². The minimum absolute atomic E-state index is 0.0275. The van der Waals surface area contributed by atoms with E-state index in [2.05, 4.69) is 5.32 Å². The molecule has 0 saturated heterocycles. The molecule has 0 spiro atoms. The highest BCUT2D eigenvalue weighted by molar-refractivity contribution is 5.93. The van der Waals surface area contributed by atoms with E-state index in [4.69, 9.17) is 4.42 Å². The molecule has 5 heteroatoms. The number of para-hydroxylation sites is 1. The lowest BCUT2D eigenvalue weighted by Crippen LogP contribution is -2.40. The third kappa shape index (κ3) is 2.83. The predicted molar refractivity (Wildman–Crippen MR) is 78.2 cm³/mol. The number of hydrogen-bond donors (Lipinski definition) is 2. The van der Waals surface area contributed by atoms with E-state index in [9.17, 15) is 14.7 Å². The van der Waals surface area contributed by atoms with Crippen molar-refractivity contribution in [3.8, 4) is 0 Å². The summed E-state index contributed by atoms with van der Waals surface area (Å²) in [7, 11) is 0. The van der Waals surface area contributed by atoms with Gasteiger partial charge in [-0.3, -0.25) is 9.59 Å². The number of amides is 1. The normalized spacial score (nSPS) is 17.0. The second-order valence-electron chi connectivity index (χ2n) is 5.59. The van der Waals surface area contributed by atoms with Crippen molar-refractivity contribution in [3.63, 3.8) is 0 Å². The fraction of sp³-hybridized carbons (Fsp3) is 0.375. The van der Waals surface area contributed by atoms with E-state index >= 15 is 0 Å². The molecule has 1 amide bonds. The highest BCUT2D eigenvalue weighted by Crippen LogP contribution is 2.28. The summed E-state index contributed by atoms with van der Waals surface area (Å²) in [5.74, 6) is -0.501. The Hall–Kier alpha value is -2.14. The number of carbonyl (C=O) groups excluding carboxylic acids is 1. The van der Waals surface area contributed by atoms with Crippen LogP contribution in [0.2, 0.25) is 0 Å². The van der Waals surface area contributed by atoms with E-state index < -0.39 is 11.5 Å². The monoisotopic (exact) mass is 287 g/mol. The summed E-state index contributed by atoms with van der Waals surface area (Å²) >= 11 is 0. The molecule has 3 rings (SSSR count). The van der Waals surface area contributed by atoms with Gasteiger partial charge >= 0.3 is 0 Å². The summed E-state index contributed by atoms with van der Waals surface area (Å²) < 4.78 is 5.46. The maximum atomic E-state index is 12.1. The minimum Gasteiger partial charge on any atom is -0.451 e. The Balaban J connectivity index is 1.80. The van der Waals surface area contributed by atoms with Gasteiger partial charge in [-0.05, 0) is 25.0 Å². The van der Waals surface area contributed by atoms with Crippen LogP contribution in [-0.2, 0) is 0 Å². The first-order valence-electron chi connectivity index (χ1n) is 7.11. The molecule has 0 atom stereocenters. The van der Waals surface area contributed by atoms with Crippen molar-refractivity contribution in [2.75, 3.05) is 6.54 Å². The Labute approximate surface area is 121 Å². The van der Waals surface area contributed by atoms with Gasteiger partial charge in [0, 0.05) is 12.6 Å². The van der Waals surface area contributed by atoms with Crippen LogP contribution in [0.25, 0.3) is 11.0 Å². The first kappa shape index (κ1) is 13.8. The molecule has 1 fully saturated rings. The Morgan fingerprint density at radius 1 is 1.29 bits per heavy atom. The standard InChI is InChI=1S/C16H17NO4/c18-12-9-14(21-13-6-2-1-5-11(12)13)15(19)17-10-16(20)7-3-4-8-16/h1-2,5-6,9,20H,3-4,7-8,10H2,(H,17,19). The van der Waals surface area contributed by atoms with Crippen LogP contribution in [0.1, 0.15) is 36.2 Å². The molecule has 2 N–H and O–H groups in total. The Morgan fingerprint density at radius 3 is 2.76 bits per heavy atom. The quantitative estimate of drug-likeness (QED) is 0.902. The van der Waals surface area contributed by atoms with Gasteiger partial charge in [-0.15, -0.1) is 0 Å². The SMILES string of the molecule is O=C(NCC1(O)CCCC1)c1cc(=O)c2ccccc2o1. The molecular formula is C16H17NO4. The first-order valence-corrected chi connectivity index (χ1v) is 7.11. The van der Waals surface area contributed by atoms with Crippen molar-refractivity contribution in [2.24, 2.45) is 0 Å². The number of hydrogen-bond acceptors (Lipinski definition) is 4. The van der Waals surface area contributed by atoms with Crippen LogP contribution in [0.15, 0.2) is 39.5 Å².